The summed E-state index contributed by atoms with van der Waals surface area (Å²) in [4.78, 5) is 11.7. The van der Waals surface area contributed by atoms with E-state index >= 15 is 0 Å². The van der Waals surface area contributed by atoms with Crippen LogP contribution in [0.25, 0.3) is 0 Å². The van der Waals surface area contributed by atoms with Crippen LogP contribution in [0.4, 0.5) is 0 Å². The molecule has 0 aromatic carbocycles. The Balaban J connectivity index is 1.07. The van der Waals surface area contributed by atoms with Crippen LogP contribution in [0.5, 0.6) is 0 Å². The molecule has 258 valence electrons. The third-order valence-corrected chi connectivity index (χ3v) is 15.9. The number of carbonyl (C=O) groups is 1. The molecule has 5 aliphatic carbocycles. The molecular formula is C37H56O9. The summed E-state index contributed by atoms with van der Waals surface area (Å²) < 4.78 is 31.4. The molecule has 8 fully saturated rings. The Morgan fingerprint density at radius 1 is 0.935 bits per heavy atom. The zero-order chi connectivity index (χ0) is 33.0. The predicted molar refractivity (Wildman–Crippen MR) is 167 cm³/mol. The first-order valence-corrected chi connectivity index (χ1v) is 18.0. The van der Waals surface area contributed by atoms with Crippen LogP contribution in [0, 0.1) is 50.7 Å². The second-order valence-electron chi connectivity index (χ2n) is 18.0. The smallest absolute Gasteiger partial charge is 0.303 e. The van der Waals surface area contributed by atoms with E-state index in [2.05, 4.69) is 41.2 Å². The number of hydrogen-bond donors (Lipinski definition) is 3. The molecule has 0 aromatic rings. The lowest BCUT2D eigenvalue weighted by atomic mass is 9.41. The average molecular weight is 645 g/mol. The molecule has 2 bridgehead atoms. The van der Waals surface area contributed by atoms with E-state index in [4.69, 9.17) is 23.7 Å². The van der Waals surface area contributed by atoms with Gasteiger partial charge in [0.1, 0.15) is 24.4 Å². The Kier molecular flexibility index (Phi) is 6.84. The van der Waals surface area contributed by atoms with Gasteiger partial charge in [0.15, 0.2) is 18.2 Å². The highest BCUT2D eigenvalue weighted by atomic mass is 16.8. The maximum Gasteiger partial charge on any atom is 0.303 e. The highest BCUT2D eigenvalue weighted by Crippen LogP contribution is 2.90. The van der Waals surface area contributed by atoms with Gasteiger partial charge in [0.2, 0.25) is 0 Å². The summed E-state index contributed by atoms with van der Waals surface area (Å²) in [6, 6.07) is 0. The highest BCUT2D eigenvalue weighted by Gasteiger charge is 2.88. The molecule has 9 nitrogen and oxygen atoms in total. The lowest BCUT2D eigenvalue weighted by molar-refractivity contribution is -0.304. The van der Waals surface area contributed by atoms with Gasteiger partial charge in [-0.15, -0.1) is 0 Å². The van der Waals surface area contributed by atoms with E-state index < -0.39 is 42.5 Å². The first kappa shape index (κ1) is 32.2. The number of rotatable bonds is 4. The van der Waals surface area contributed by atoms with Gasteiger partial charge in [-0.3, -0.25) is 4.79 Å². The first-order valence-electron chi connectivity index (χ1n) is 18.0. The van der Waals surface area contributed by atoms with Gasteiger partial charge in [-0.25, -0.2) is 0 Å². The van der Waals surface area contributed by atoms with Crippen molar-refractivity contribution >= 4 is 5.97 Å². The fraction of sp³-hybridized carbons (Fsp3) is 0.919. The maximum absolute atomic E-state index is 12.7. The summed E-state index contributed by atoms with van der Waals surface area (Å²) in [5.74, 6) is -0.167. The Morgan fingerprint density at radius 3 is 2.33 bits per heavy atom. The Morgan fingerprint density at radius 2 is 1.63 bits per heavy atom. The zero-order valence-electron chi connectivity index (χ0n) is 28.8. The van der Waals surface area contributed by atoms with Crippen molar-refractivity contribution < 1.29 is 43.8 Å². The molecule has 8 aliphatic rings. The molecule has 17 atom stereocenters. The molecule has 9 heteroatoms. The third kappa shape index (κ3) is 3.64. The quantitative estimate of drug-likeness (QED) is 0.231. The summed E-state index contributed by atoms with van der Waals surface area (Å²) in [7, 11) is 0. The fourth-order valence-corrected chi connectivity index (χ4v) is 14.1. The van der Waals surface area contributed by atoms with Crippen molar-refractivity contribution in [3.05, 3.63) is 12.2 Å². The molecule has 46 heavy (non-hydrogen) atoms. The molecule has 3 heterocycles. The molecule has 3 spiro atoms. The second-order valence-corrected chi connectivity index (χ2v) is 18.0. The SMILES string of the molecule is C=C(C)[C@H]1O[C@@]23O[C@@H]1C[C@@H](C)[C@@H]2[C@@]1(C)CC[C@@]24C[C@@]25CC[C@H](O[C@@H]2OC[C@H](O)[C@H](OC(C)=O)[C@H]2O)C(C)(C)[C@@H]5CC[C@H]4[C@]1(C)[C@H]3O. The van der Waals surface area contributed by atoms with Crippen molar-refractivity contribution in [1.82, 2.24) is 0 Å². The molecule has 3 N–H and O–H groups in total. The Hall–Kier alpha value is -1.07. The van der Waals surface area contributed by atoms with E-state index in [9.17, 15) is 20.1 Å². The van der Waals surface area contributed by atoms with Gasteiger partial charge in [0.05, 0.1) is 18.8 Å². The number of carbonyl (C=O) groups excluding carboxylic acids is 1. The third-order valence-electron chi connectivity index (χ3n) is 15.9. The number of ether oxygens (including phenoxy) is 5. The van der Waals surface area contributed by atoms with E-state index in [1.54, 1.807) is 0 Å². The minimum Gasteiger partial charge on any atom is -0.457 e. The molecular weight excluding hydrogens is 588 g/mol. The molecule has 8 rings (SSSR count). The number of esters is 1. The van der Waals surface area contributed by atoms with Gasteiger partial charge in [0, 0.05) is 18.3 Å². The molecule has 3 aliphatic heterocycles. The summed E-state index contributed by atoms with van der Waals surface area (Å²) in [6.07, 6.45) is 2.92. The first-order chi connectivity index (χ1) is 21.5. The van der Waals surface area contributed by atoms with Crippen molar-refractivity contribution in [1.29, 1.82) is 0 Å². The lowest BCUT2D eigenvalue weighted by Crippen LogP contribution is -2.61. The number of aliphatic hydroxyl groups excluding tert-OH is 3. The average Bonchev–Trinajstić information content (AvgIpc) is 3.50. The van der Waals surface area contributed by atoms with Crippen molar-refractivity contribution in [2.24, 2.45) is 50.7 Å². The van der Waals surface area contributed by atoms with Crippen LogP contribution in [0.3, 0.4) is 0 Å². The zero-order valence-corrected chi connectivity index (χ0v) is 28.8. The van der Waals surface area contributed by atoms with Gasteiger partial charge in [0.25, 0.3) is 0 Å². The molecule has 3 saturated heterocycles. The van der Waals surface area contributed by atoms with Crippen molar-refractivity contribution in [3.63, 3.8) is 0 Å². The summed E-state index contributed by atoms with van der Waals surface area (Å²) in [6.45, 7) is 19.3. The van der Waals surface area contributed by atoms with Crippen LogP contribution in [-0.4, -0.2) is 82.7 Å². The van der Waals surface area contributed by atoms with Gasteiger partial charge < -0.3 is 39.0 Å². The molecule has 0 radical (unpaired) electrons. The molecule has 0 amide bonds. The summed E-state index contributed by atoms with van der Waals surface area (Å²) >= 11 is 0. The minimum atomic E-state index is -1.27. The highest BCUT2D eigenvalue weighted by molar-refractivity contribution is 5.66. The lowest BCUT2D eigenvalue weighted by Gasteiger charge is -2.63. The van der Waals surface area contributed by atoms with E-state index in [0.29, 0.717) is 17.8 Å². The Bertz CT molecular complexity index is 1320. The second kappa shape index (κ2) is 9.79. The van der Waals surface area contributed by atoms with Crippen molar-refractivity contribution in [3.8, 4) is 0 Å². The normalized spacial score (nSPS) is 59.3. The van der Waals surface area contributed by atoms with Gasteiger partial charge in [-0.1, -0.05) is 41.2 Å². The summed E-state index contributed by atoms with van der Waals surface area (Å²) in [5.41, 5.74) is 0.749. The van der Waals surface area contributed by atoms with E-state index in [0.717, 1.165) is 44.1 Å². The van der Waals surface area contributed by atoms with E-state index in [1.807, 2.05) is 6.92 Å². The maximum atomic E-state index is 12.7. The van der Waals surface area contributed by atoms with Crippen molar-refractivity contribution in [2.45, 2.75) is 155 Å². The van der Waals surface area contributed by atoms with Crippen LogP contribution in [0.2, 0.25) is 0 Å². The van der Waals surface area contributed by atoms with Gasteiger partial charge in [-0.05, 0) is 103 Å². The summed E-state index contributed by atoms with van der Waals surface area (Å²) in [5, 5.41) is 34.0. The Labute approximate surface area is 273 Å². The number of aliphatic hydroxyl groups is 3. The standard InChI is InChI=1S/C37H56O9/c1-18(2)27-22-15-19(3)29-33(7)13-14-36-17-35(36)12-11-25(44-30-26(40)28(43-20(4)38)21(39)16-42-30)32(5,6)23(35)9-10-24(36)34(33,8)31(41)37(29,45-22)46-27/h19,21-31,39-41H,1,9-17H2,2-8H3/t19-,21+,22-,23+,24+,25+,26-,27-,28+,29-,30+,31-,33-,34-,35-,36+,37+/m1/s1. The number of hydrogen-bond acceptors (Lipinski definition) is 9. The van der Waals surface area contributed by atoms with Gasteiger partial charge in [-0.2, -0.15) is 0 Å². The van der Waals surface area contributed by atoms with Gasteiger partial charge >= 0.3 is 5.97 Å². The van der Waals surface area contributed by atoms with Crippen LogP contribution in [-0.2, 0) is 28.5 Å². The van der Waals surface area contributed by atoms with E-state index in [-0.39, 0.29) is 57.9 Å². The largest absolute Gasteiger partial charge is 0.457 e. The monoisotopic (exact) mass is 644 g/mol. The molecule has 0 aromatic heterocycles. The van der Waals surface area contributed by atoms with E-state index in [1.165, 1.54) is 19.8 Å². The predicted octanol–water partition coefficient (Wildman–Crippen LogP) is 4.50. The van der Waals surface area contributed by atoms with Crippen molar-refractivity contribution in [2.75, 3.05) is 6.61 Å². The number of fused-ring (bicyclic) bond motifs is 4. The van der Waals surface area contributed by atoms with Crippen LogP contribution in [0.15, 0.2) is 12.2 Å². The van der Waals surface area contributed by atoms with Crippen LogP contribution < -0.4 is 0 Å². The van der Waals surface area contributed by atoms with Crippen LogP contribution in [0.1, 0.15) is 99.8 Å². The molecule has 0 unspecified atom stereocenters. The molecule has 5 saturated carbocycles. The topological polar surface area (TPSA) is 124 Å². The fourth-order valence-electron chi connectivity index (χ4n) is 14.1. The minimum absolute atomic E-state index is 0.0435. The van der Waals surface area contributed by atoms with Crippen LogP contribution >= 0.6 is 0 Å².